The second kappa shape index (κ2) is 6.15. The van der Waals surface area contributed by atoms with Crippen LogP contribution in [-0.2, 0) is 14.3 Å². The first-order chi connectivity index (χ1) is 9.74. The Morgan fingerprint density at radius 3 is 2.30 bits per heavy atom. The molecule has 0 N–H and O–H groups in total. The van der Waals surface area contributed by atoms with E-state index in [1.165, 1.54) is 19.3 Å². The normalized spacial score (nSPS) is 28.2. The highest BCUT2D eigenvalue weighted by Gasteiger charge is 2.37. The second-order valence-electron chi connectivity index (χ2n) is 6.59. The van der Waals surface area contributed by atoms with Gasteiger partial charge in [0.15, 0.2) is 0 Å². The van der Waals surface area contributed by atoms with Crippen molar-refractivity contribution in [1.82, 2.24) is 4.90 Å². The molecule has 0 unspecified atom stereocenters. The molecule has 0 radical (unpaired) electrons. The molecule has 3 fully saturated rings. The van der Waals surface area contributed by atoms with Crippen molar-refractivity contribution in [1.29, 1.82) is 0 Å². The number of rotatable bonds is 3. The lowest BCUT2D eigenvalue weighted by atomic mass is 9.96. The van der Waals surface area contributed by atoms with Gasteiger partial charge in [0, 0.05) is 19.0 Å². The van der Waals surface area contributed by atoms with E-state index in [0.29, 0.717) is 6.54 Å². The van der Waals surface area contributed by atoms with Gasteiger partial charge in [0.05, 0.1) is 5.92 Å². The number of carbonyl (C=O) groups is 2. The summed E-state index contributed by atoms with van der Waals surface area (Å²) in [6.45, 7) is 1.41. The van der Waals surface area contributed by atoms with Gasteiger partial charge in [-0.05, 0) is 51.4 Å². The summed E-state index contributed by atoms with van der Waals surface area (Å²) in [6, 6.07) is 0. The fraction of sp³-hybridized carbons (Fsp3) is 0.875. The van der Waals surface area contributed by atoms with Gasteiger partial charge in [0.25, 0.3) is 0 Å². The Labute approximate surface area is 120 Å². The van der Waals surface area contributed by atoms with Crippen LogP contribution in [0.3, 0.4) is 0 Å². The van der Waals surface area contributed by atoms with Gasteiger partial charge in [-0.3, -0.25) is 9.59 Å². The molecule has 112 valence electrons. The van der Waals surface area contributed by atoms with Gasteiger partial charge in [-0.25, -0.2) is 0 Å². The van der Waals surface area contributed by atoms with E-state index in [1.54, 1.807) is 0 Å². The predicted octanol–water partition coefficient (Wildman–Crippen LogP) is 2.51. The SMILES string of the molecule is O=C(OC1CCCCC1)[C@@H]1CCCN(C(=O)C2CC2)C1. The van der Waals surface area contributed by atoms with E-state index in [4.69, 9.17) is 4.74 Å². The van der Waals surface area contributed by atoms with Crippen LogP contribution in [0.5, 0.6) is 0 Å². The fourth-order valence-electron chi connectivity index (χ4n) is 3.40. The number of hydrogen-bond acceptors (Lipinski definition) is 3. The molecular formula is C16H25NO3. The minimum atomic E-state index is -0.0895. The van der Waals surface area contributed by atoms with E-state index in [0.717, 1.165) is 45.1 Å². The highest BCUT2D eigenvalue weighted by molar-refractivity contribution is 5.82. The van der Waals surface area contributed by atoms with Crippen LogP contribution in [0.2, 0.25) is 0 Å². The maximum Gasteiger partial charge on any atom is 0.311 e. The van der Waals surface area contributed by atoms with Crippen LogP contribution in [0.15, 0.2) is 0 Å². The summed E-state index contributed by atoms with van der Waals surface area (Å²) in [5, 5.41) is 0. The molecular weight excluding hydrogens is 254 g/mol. The average Bonchev–Trinajstić information content (AvgIpc) is 3.32. The highest BCUT2D eigenvalue weighted by Crippen LogP contribution is 2.33. The fourth-order valence-corrected chi connectivity index (χ4v) is 3.40. The van der Waals surface area contributed by atoms with Crippen LogP contribution >= 0.6 is 0 Å². The minimum absolute atomic E-state index is 0.0646. The largest absolute Gasteiger partial charge is 0.462 e. The Bertz CT molecular complexity index is 372. The molecule has 1 saturated heterocycles. The Kier molecular flexibility index (Phi) is 4.27. The van der Waals surface area contributed by atoms with Gasteiger partial charge in [0.2, 0.25) is 5.91 Å². The van der Waals surface area contributed by atoms with E-state index in [1.807, 2.05) is 4.90 Å². The van der Waals surface area contributed by atoms with Crippen LogP contribution in [0, 0.1) is 11.8 Å². The molecule has 4 nitrogen and oxygen atoms in total. The standard InChI is InChI=1S/C16H25NO3/c18-15(12-8-9-12)17-10-4-5-13(11-17)16(19)20-14-6-2-1-3-7-14/h12-14H,1-11H2/t13-/m1/s1. The van der Waals surface area contributed by atoms with Crippen molar-refractivity contribution in [3.63, 3.8) is 0 Å². The van der Waals surface area contributed by atoms with Crippen molar-refractivity contribution in [2.45, 2.75) is 63.9 Å². The van der Waals surface area contributed by atoms with Gasteiger partial charge in [-0.1, -0.05) is 6.42 Å². The third-order valence-electron chi connectivity index (χ3n) is 4.83. The Morgan fingerprint density at radius 2 is 1.60 bits per heavy atom. The first-order valence-electron chi connectivity index (χ1n) is 8.23. The van der Waals surface area contributed by atoms with Crippen molar-refractivity contribution < 1.29 is 14.3 Å². The summed E-state index contributed by atoms with van der Waals surface area (Å²) in [6.07, 6.45) is 9.66. The van der Waals surface area contributed by atoms with Crippen LogP contribution < -0.4 is 0 Å². The maximum absolute atomic E-state index is 12.3. The highest BCUT2D eigenvalue weighted by atomic mass is 16.5. The lowest BCUT2D eigenvalue weighted by Gasteiger charge is -2.33. The monoisotopic (exact) mass is 279 g/mol. The number of piperidine rings is 1. The number of hydrogen-bond donors (Lipinski definition) is 0. The molecule has 2 aliphatic carbocycles. The quantitative estimate of drug-likeness (QED) is 0.746. The van der Waals surface area contributed by atoms with Crippen molar-refractivity contribution >= 4 is 11.9 Å². The molecule has 0 aromatic carbocycles. The van der Waals surface area contributed by atoms with Gasteiger partial charge in [-0.15, -0.1) is 0 Å². The van der Waals surface area contributed by atoms with Crippen molar-refractivity contribution in [2.75, 3.05) is 13.1 Å². The van der Waals surface area contributed by atoms with E-state index >= 15 is 0 Å². The number of amides is 1. The summed E-state index contributed by atoms with van der Waals surface area (Å²) in [4.78, 5) is 26.2. The smallest absolute Gasteiger partial charge is 0.311 e. The maximum atomic E-state index is 12.3. The number of nitrogens with zero attached hydrogens (tertiary/aromatic N) is 1. The number of ether oxygens (including phenoxy) is 1. The average molecular weight is 279 g/mol. The van der Waals surface area contributed by atoms with Gasteiger partial charge < -0.3 is 9.64 Å². The topological polar surface area (TPSA) is 46.6 Å². The molecule has 20 heavy (non-hydrogen) atoms. The molecule has 1 atom stereocenters. The molecule has 1 amide bonds. The van der Waals surface area contributed by atoms with Crippen LogP contribution in [-0.4, -0.2) is 36.0 Å². The van der Waals surface area contributed by atoms with E-state index in [9.17, 15) is 9.59 Å². The number of esters is 1. The van der Waals surface area contributed by atoms with E-state index in [2.05, 4.69) is 0 Å². The molecule has 3 aliphatic rings. The Balaban J connectivity index is 1.50. The molecule has 0 aromatic rings. The zero-order valence-corrected chi connectivity index (χ0v) is 12.2. The molecule has 0 aromatic heterocycles. The lowest BCUT2D eigenvalue weighted by Crippen LogP contribution is -2.44. The number of likely N-dealkylation sites (tertiary alicyclic amines) is 1. The molecule has 0 spiro atoms. The van der Waals surface area contributed by atoms with E-state index in [-0.39, 0.29) is 29.8 Å². The van der Waals surface area contributed by atoms with Gasteiger partial charge in [-0.2, -0.15) is 0 Å². The zero-order valence-electron chi connectivity index (χ0n) is 12.2. The van der Waals surface area contributed by atoms with Crippen LogP contribution in [0.25, 0.3) is 0 Å². The molecule has 4 heteroatoms. The van der Waals surface area contributed by atoms with Gasteiger partial charge in [0.1, 0.15) is 6.10 Å². The first kappa shape index (κ1) is 13.9. The second-order valence-corrected chi connectivity index (χ2v) is 6.59. The molecule has 0 bridgehead atoms. The van der Waals surface area contributed by atoms with Crippen molar-refractivity contribution in [3.8, 4) is 0 Å². The Hall–Kier alpha value is -1.06. The molecule has 1 heterocycles. The minimum Gasteiger partial charge on any atom is -0.462 e. The molecule has 3 rings (SSSR count). The summed E-state index contributed by atoms with van der Waals surface area (Å²) in [5.74, 6) is 0.363. The molecule has 2 saturated carbocycles. The number of carbonyl (C=O) groups excluding carboxylic acids is 2. The van der Waals surface area contributed by atoms with Crippen molar-refractivity contribution in [2.24, 2.45) is 11.8 Å². The molecule has 1 aliphatic heterocycles. The van der Waals surface area contributed by atoms with E-state index < -0.39 is 0 Å². The first-order valence-corrected chi connectivity index (χ1v) is 8.23. The van der Waals surface area contributed by atoms with Crippen LogP contribution in [0.1, 0.15) is 57.8 Å². The predicted molar refractivity (Wildman–Crippen MR) is 75.0 cm³/mol. The van der Waals surface area contributed by atoms with Crippen LogP contribution in [0.4, 0.5) is 0 Å². The Morgan fingerprint density at radius 1 is 0.850 bits per heavy atom. The van der Waals surface area contributed by atoms with Crippen molar-refractivity contribution in [3.05, 3.63) is 0 Å². The lowest BCUT2D eigenvalue weighted by molar-refractivity contribution is -0.158. The summed E-state index contributed by atoms with van der Waals surface area (Å²) >= 11 is 0. The third kappa shape index (κ3) is 3.33. The zero-order chi connectivity index (χ0) is 13.9. The summed E-state index contributed by atoms with van der Waals surface area (Å²) < 4.78 is 5.66. The third-order valence-corrected chi connectivity index (χ3v) is 4.83. The summed E-state index contributed by atoms with van der Waals surface area (Å²) in [7, 11) is 0. The van der Waals surface area contributed by atoms with Gasteiger partial charge >= 0.3 is 5.97 Å². The summed E-state index contributed by atoms with van der Waals surface area (Å²) in [5.41, 5.74) is 0.